The third-order valence-corrected chi connectivity index (χ3v) is 3.04. The van der Waals surface area contributed by atoms with Crippen molar-refractivity contribution >= 4 is 5.97 Å². The van der Waals surface area contributed by atoms with Gasteiger partial charge in [-0.05, 0) is 31.2 Å². The predicted molar refractivity (Wildman–Crippen MR) is 75.9 cm³/mol. The summed E-state index contributed by atoms with van der Waals surface area (Å²) in [5.41, 5.74) is 1.00. The Balaban J connectivity index is 2.45. The van der Waals surface area contributed by atoms with Gasteiger partial charge in [0.2, 0.25) is 0 Å². The number of carboxylic acid groups (broad SMARTS) is 1. The van der Waals surface area contributed by atoms with E-state index in [1.165, 1.54) is 13.2 Å². The molecule has 0 bridgehead atoms. The highest BCUT2D eigenvalue weighted by Crippen LogP contribution is 2.31. The molecule has 0 saturated heterocycles. The van der Waals surface area contributed by atoms with Crippen LogP contribution in [-0.2, 0) is 0 Å². The summed E-state index contributed by atoms with van der Waals surface area (Å²) in [5.74, 6) is 0.238. The number of rotatable bonds is 4. The molecule has 0 aromatic heterocycles. The standard InChI is InChI=1S/C16H13NO4/c1-10-13(16(18)19)4-3-5-14(10)21-15-8-12(20-2)7-6-11(15)9-17/h3-8H,1-2H3,(H,18,19). The molecule has 2 aromatic carbocycles. The third kappa shape index (κ3) is 2.95. The van der Waals surface area contributed by atoms with Crippen molar-refractivity contribution in [3.63, 3.8) is 0 Å². The monoisotopic (exact) mass is 283 g/mol. The van der Waals surface area contributed by atoms with Gasteiger partial charge in [0.25, 0.3) is 0 Å². The molecule has 5 nitrogen and oxygen atoms in total. The van der Waals surface area contributed by atoms with Crippen molar-refractivity contribution in [3.8, 4) is 23.3 Å². The number of benzene rings is 2. The van der Waals surface area contributed by atoms with Crippen LogP contribution in [0.4, 0.5) is 0 Å². The fourth-order valence-corrected chi connectivity index (χ4v) is 1.88. The normalized spacial score (nSPS) is 9.76. The zero-order chi connectivity index (χ0) is 15.4. The predicted octanol–water partition coefficient (Wildman–Crippen LogP) is 3.37. The van der Waals surface area contributed by atoms with E-state index < -0.39 is 5.97 Å². The quantitative estimate of drug-likeness (QED) is 0.930. The van der Waals surface area contributed by atoms with Crippen LogP contribution < -0.4 is 9.47 Å². The molecule has 21 heavy (non-hydrogen) atoms. The molecule has 0 saturated carbocycles. The van der Waals surface area contributed by atoms with Gasteiger partial charge in [0.15, 0.2) is 0 Å². The molecular formula is C16H13NO4. The zero-order valence-electron chi connectivity index (χ0n) is 11.6. The molecule has 106 valence electrons. The summed E-state index contributed by atoms with van der Waals surface area (Å²) in [4.78, 5) is 11.1. The van der Waals surface area contributed by atoms with Crippen molar-refractivity contribution in [1.82, 2.24) is 0 Å². The Morgan fingerprint density at radius 3 is 2.62 bits per heavy atom. The number of nitriles is 1. The summed E-state index contributed by atoms with van der Waals surface area (Å²) in [6, 6.07) is 11.6. The SMILES string of the molecule is COc1ccc(C#N)c(Oc2cccc(C(=O)O)c2C)c1. The fourth-order valence-electron chi connectivity index (χ4n) is 1.88. The Labute approximate surface area is 122 Å². The molecule has 1 N–H and O–H groups in total. The lowest BCUT2D eigenvalue weighted by Crippen LogP contribution is -2.01. The maximum absolute atomic E-state index is 11.1. The number of ether oxygens (including phenoxy) is 2. The van der Waals surface area contributed by atoms with Crippen LogP contribution in [0.15, 0.2) is 36.4 Å². The topological polar surface area (TPSA) is 79.5 Å². The Bertz CT molecular complexity index is 732. The Kier molecular flexibility index (Phi) is 4.10. The number of nitrogens with zero attached hydrogens (tertiary/aromatic N) is 1. The smallest absolute Gasteiger partial charge is 0.336 e. The van der Waals surface area contributed by atoms with E-state index in [4.69, 9.17) is 19.8 Å². The first kappa shape index (κ1) is 14.4. The van der Waals surface area contributed by atoms with Gasteiger partial charge in [-0.1, -0.05) is 6.07 Å². The minimum absolute atomic E-state index is 0.161. The van der Waals surface area contributed by atoms with Crippen LogP contribution in [0, 0.1) is 18.3 Å². The van der Waals surface area contributed by atoms with Gasteiger partial charge in [-0.25, -0.2) is 4.79 Å². The van der Waals surface area contributed by atoms with Crippen LogP contribution in [0.5, 0.6) is 17.2 Å². The molecule has 0 unspecified atom stereocenters. The molecule has 0 heterocycles. The van der Waals surface area contributed by atoms with E-state index in [2.05, 4.69) is 0 Å². The number of carboxylic acids is 1. The van der Waals surface area contributed by atoms with Crippen LogP contribution in [-0.4, -0.2) is 18.2 Å². The summed E-state index contributed by atoms with van der Waals surface area (Å²) >= 11 is 0. The van der Waals surface area contributed by atoms with E-state index >= 15 is 0 Å². The Hall–Kier alpha value is -3.00. The van der Waals surface area contributed by atoms with Gasteiger partial charge < -0.3 is 14.6 Å². The lowest BCUT2D eigenvalue weighted by Gasteiger charge is -2.12. The molecular weight excluding hydrogens is 270 g/mol. The summed E-state index contributed by atoms with van der Waals surface area (Å²) < 4.78 is 10.8. The van der Waals surface area contributed by atoms with E-state index in [1.54, 1.807) is 37.3 Å². The summed E-state index contributed by atoms with van der Waals surface area (Å²) in [7, 11) is 1.52. The molecule has 0 aliphatic carbocycles. The Morgan fingerprint density at radius 2 is 2.00 bits per heavy atom. The molecule has 2 rings (SSSR count). The second kappa shape index (κ2) is 5.97. The van der Waals surface area contributed by atoms with Gasteiger partial charge in [0, 0.05) is 11.6 Å². The fraction of sp³-hybridized carbons (Fsp3) is 0.125. The average molecular weight is 283 g/mol. The molecule has 0 atom stereocenters. The number of hydrogen-bond acceptors (Lipinski definition) is 4. The van der Waals surface area contributed by atoms with Crippen LogP contribution in [0.2, 0.25) is 0 Å². The first-order valence-electron chi connectivity index (χ1n) is 6.15. The molecule has 0 amide bonds. The van der Waals surface area contributed by atoms with Crippen molar-refractivity contribution in [1.29, 1.82) is 5.26 Å². The van der Waals surface area contributed by atoms with Gasteiger partial charge in [-0.2, -0.15) is 5.26 Å². The van der Waals surface area contributed by atoms with E-state index in [-0.39, 0.29) is 5.56 Å². The second-order valence-corrected chi connectivity index (χ2v) is 4.31. The van der Waals surface area contributed by atoms with Crippen LogP contribution in [0.3, 0.4) is 0 Å². The van der Waals surface area contributed by atoms with E-state index in [0.717, 1.165) is 0 Å². The maximum Gasteiger partial charge on any atom is 0.336 e. The van der Waals surface area contributed by atoms with Gasteiger partial charge in [-0.15, -0.1) is 0 Å². The lowest BCUT2D eigenvalue weighted by molar-refractivity contribution is 0.0695. The average Bonchev–Trinajstić information content (AvgIpc) is 2.49. The lowest BCUT2D eigenvalue weighted by atomic mass is 10.1. The molecule has 0 spiro atoms. The van der Waals surface area contributed by atoms with Crippen molar-refractivity contribution in [3.05, 3.63) is 53.1 Å². The van der Waals surface area contributed by atoms with Gasteiger partial charge in [0.05, 0.1) is 18.2 Å². The first-order chi connectivity index (χ1) is 10.1. The van der Waals surface area contributed by atoms with Gasteiger partial charge in [-0.3, -0.25) is 0 Å². The Morgan fingerprint density at radius 1 is 1.24 bits per heavy atom. The minimum Gasteiger partial charge on any atom is -0.497 e. The highest BCUT2D eigenvalue weighted by Gasteiger charge is 2.13. The van der Waals surface area contributed by atoms with Crippen LogP contribution in [0.1, 0.15) is 21.5 Å². The van der Waals surface area contributed by atoms with Crippen LogP contribution >= 0.6 is 0 Å². The highest BCUT2D eigenvalue weighted by molar-refractivity contribution is 5.90. The summed E-state index contributed by atoms with van der Waals surface area (Å²) in [5, 5.41) is 18.2. The van der Waals surface area contributed by atoms with E-state index in [1.807, 2.05) is 6.07 Å². The number of carbonyl (C=O) groups is 1. The van der Waals surface area contributed by atoms with Gasteiger partial charge >= 0.3 is 5.97 Å². The summed E-state index contributed by atoms with van der Waals surface area (Å²) in [6.45, 7) is 1.66. The number of aromatic carboxylic acids is 1. The van der Waals surface area contributed by atoms with Crippen molar-refractivity contribution in [2.24, 2.45) is 0 Å². The van der Waals surface area contributed by atoms with E-state index in [9.17, 15) is 4.79 Å². The largest absolute Gasteiger partial charge is 0.497 e. The van der Waals surface area contributed by atoms with Crippen molar-refractivity contribution in [2.45, 2.75) is 6.92 Å². The van der Waals surface area contributed by atoms with Crippen LogP contribution in [0.25, 0.3) is 0 Å². The first-order valence-corrected chi connectivity index (χ1v) is 6.15. The second-order valence-electron chi connectivity index (χ2n) is 4.31. The maximum atomic E-state index is 11.1. The molecule has 0 radical (unpaired) electrons. The number of methoxy groups -OCH3 is 1. The molecule has 0 fully saturated rings. The third-order valence-electron chi connectivity index (χ3n) is 3.04. The number of hydrogen-bond donors (Lipinski definition) is 1. The highest BCUT2D eigenvalue weighted by atomic mass is 16.5. The van der Waals surface area contributed by atoms with Gasteiger partial charge in [0.1, 0.15) is 23.3 Å². The minimum atomic E-state index is -1.02. The molecule has 0 aliphatic heterocycles. The molecule has 0 aliphatic rings. The molecule has 5 heteroatoms. The molecule has 2 aromatic rings. The zero-order valence-corrected chi connectivity index (χ0v) is 11.6. The van der Waals surface area contributed by atoms with Crippen molar-refractivity contribution < 1.29 is 19.4 Å². The van der Waals surface area contributed by atoms with E-state index in [0.29, 0.717) is 28.4 Å². The summed E-state index contributed by atoms with van der Waals surface area (Å²) in [6.07, 6.45) is 0. The van der Waals surface area contributed by atoms with Crippen molar-refractivity contribution in [2.75, 3.05) is 7.11 Å².